The first-order valence-electron chi connectivity index (χ1n) is 5.29. The van der Waals surface area contributed by atoms with Gasteiger partial charge in [0.15, 0.2) is 0 Å². The summed E-state index contributed by atoms with van der Waals surface area (Å²) in [6.45, 7) is 1.23. The molecule has 1 heterocycles. The molecule has 0 aliphatic heterocycles. The molecular formula is C12H12F3N3. The number of benzene rings is 1. The lowest BCUT2D eigenvalue weighted by Crippen LogP contribution is -2.40. The predicted octanol–water partition coefficient (Wildman–Crippen LogP) is 2.65. The maximum Gasteiger partial charge on any atom is 0.260 e. The maximum absolute atomic E-state index is 12.9. The van der Waals surface area contributed by atoms with Crippen molar-refractivity contribution >= 4 is 0 Å². The second kappa shape index (κ2) is 4.45. The van der Waals surface area contributed by atoms with Crippen LogP contribution in [0.1, 0.15) is 12.5 Å². The van der Waals surface area contributed by atoms with Gasteiger partial charge >= 0.3 is 0 Å². The van der Waals surface area contributed by atoms with Crippen LogP contribution in [0, 0.1) is 5.82 Å². The number of alkyl halides is 2. The number of aromatic nitrogens is 2. The van der Waals surface area contributed by atoms with E-state index in [1.165, 1.54) is 37.4 Å². The van der Waals surface area contributed by atoms with Gasteiger partial charge in [0.05, 0.1) is 11.9 Å². The van der Waals surface area contributed by atoms with E-state index in [1.54, 1.807) is 0 Å². The standard InChI is InChI=1S/C12H12F3N3/c1-12(16,11(14)15)9-6-17-18-10(9)7-2-4-8(13)5-3-7/h2-6,11H,16H2,1H3,(H,17,18). The minimum absolute atomic E-state index is 0.198. The predicted molar refractivity (Wildman–Crippen MR) is 61.5 cm³/mol. The molecule has 6 heteroatoms. The molecule has 0 bridgehead atoms. The van der Waals surface area contributed by atoms with Crippen molar-refractivity contribution in [2.75, 3.05) is 0 Å². The van der Waals surface area contributed by atoms with E-state index in [1.807, 2.05) is 0 Å². The first kappa shape index (κ1) is 12.6. The van der Waals surface area contributed by atoms with E-state index >= 15 is 0 Å². The molecule has 1 aromatic carbocycles. The van der Waals surface area contributed by atoms with Gasteiger partial charge in [0.2, 0.25) is 0 Å². The van der Waals surface area contributed by atoms with E-state index in [2.05, 4.69) is 10.2 Å². The van der Waals surface area contributed by atoms with Crippen LogP contribution >= 0.6 is 0 Å². The van der Waals surface area contributed by atoms with Crippen LogP contribution < -0.4 is 5.73 Å². The number of halogens is 3. The molecule has 0 fully saturated rings. The molecule has 96 valence electrons. The van der Waals surface area contributed by atoms with Gasteiger partial charge in [-0.15, -0.1) is 0 Å². The third-order valence-corrected chi connectivity index (χ3v) is 2.81. The van der Waals surface area contributed by atoms with E-state index in [0.717, 1.165) is 0 Å². The summed E-state index contributed by atoms with van der Waals surface area (Å²) >= 11 is 0. The second-order valence-electron chi connectivity index (χ2n) is 4.25. The number of hydrogen-bond acceptors (Lipinski definition) is 2. The summed E-state index contributed by atoms with van der Waals surface area (Å²) in [6, 6.07) is 5.45. The molecule has 0 radical (unpaired) electrons. The Morgan fingerprint density at radius 1 is 1.28 bits per heavy atom. The third-order valence-electron chi connectivity index (χ3n) is 2.81. The summed E-state index contributed by atoms with van der Waals surface area (Å²) in [6.07, 6.45) is -1.46. The molecule has 18 heavy (non-hydrogen) atoms. The van der Waals surface area contributed by atoms with Crippen LogP contribution in [-0.2, 0) is 5.54 Å². The number of rotatable bonds is 3. The molecule has 0 aliphatic rings. The first-order valence-corrected chi connectivity index (χ1v) is 5.29. The Labute approximate surface area is 102 Å². The average Bonchev–Trinajstić information content (AvgIpc) is 2.79. The largest absolute Gasteiger partial charge is 0.317 e. The highest BCUT2D eigenvalue weighted by Crippen LogP contribution is 2.32. The Hall–Kier alpha value is -1.82. The zero-order valence-corrected chi connectivity index (χ0v) is 9.62. The number of hydrogen-bond donors (Lipinski definition) is 2. The van der Waals surface area contributed by atoms with Crippen molar-refractivity contribution in [1.29, 1.82) is 0 Å². The van der Waals surface area contributed by atoms with Gasteiger partial charge in [-0.1, -0.05) is 0 Å². The molecule has 0 saturated carbocycles. The minimum atomic E-state index is -2.73. The topological polar surface area (TPSA) is 54.7 Å². The Balaban J connectivity index is 2.48. The zero-order chi connectivity index (χ0) is 13.3. The normalized spacial score (nSPS) is 14.8. The minimum Gasteiger partial charge on any atom is -0.317 e. The lowest BCUT2D eigenvalue weighted by atomic mass is 9.92. The van der Waals surface area contributed by atoms with Gasteiger partial charge in [0.25, 0.3) is 6.43 Å². The van der Waals surface area contributed by atoms with Crippen LogP contribution in [0.25, 0.3) is 11.3 Å². The van der Waals surface area contributed by atoms with Crippen molar-refractivity contribution in [2.45, 2.75) is 18.9 Å². The molecule has 3 N–H and O–H groups in total. The molecule has 0 spiro atoms. The van der Waals surface area contributed by atoms with Gasteiger partial charge in [0.1, 0.15) is 11.4 Å². The van der Waals surface area contributed by atoms with E-state index in [-0.39, 0.29) is 5.56 Å². The van der Waals surface area contributed by atoms with Crippen LogP contribution in [0.15, 0.2) is 30.5 Å². The van der Waals surface area contributed by atoms with Crippen molar-refractivity contribution < 1.29 is 13.2 Å². The molecule has 0 saturated heterocycles. The van der Waals surface area contributed by atoms with Crippen LogP contribution in [0.3, 0.4) is 0 Å². The summed E-state index contributed by atoms with van der Waals surface area (Å²) in [5.74, 6) is -0.399. The molecule has 0 amide bonds. The van der Waals surface area contributed by atoms with E-state index in [0.29, 0.717) is 11.3 Å². The number of nitrogens with two attached hydrogens (primary N) is 1. The van der Waals surface area contributed by atoms with Gasteiger partial charge in [0, 0.05) is 11.1 Å². The highest BCUT2D eigenvalue weighted by molar-refractivity contribution is 5.64. The van der Waals surface area contributed by atoms with Crippen molar-refractivity contribution in [1.82, 2.24) is 10.2 Å². The molecule has 1 atom stereocenters. The fraction of sp³-hybridized carbons (Fsp3) is 0.250. The SMILES string of the molecule is CC(N)(c1cn[nH]c1-c1ccc(F)cc1)C(F)F. The lowest BCUT2D eigenvalue weighted by Gasteiger charge is -2.23. The van der Waals surface area contributed by atoms with Crippen LogP contribution in [0.2, 0.25) is 0 Å². The third kappa shape index (κ3) is 2.11. The smallest absolute Gasteiger partial charge is 0.260 e. The van der Waals surface area contributed by atoms with Crippen LogP contribution in [-0.4, -0.2) is 16.6 Å². The van der Waals surface area contributed by atoms with Crippen molar-refractivity contribution in [3.8, 4) is 11.3 Å². The highest BCUT2D eigenvalue weighted by Gasteiger charge is 2.35. The number of nitrogens with zero attached hydrogens (tertiary/aromatic N) is 1. The summed E-state index contributed by atoms with van der Waals surface area (Å²) in [5, 5.41) is 6.35. The molecule has 2 rings (SSSR count). The summed E-state index contributed by atoms with van der Waals surface area (Å²) < 4.78 is 38.6. The van der Waals surface area contributed by atoms with Crippen LogP contribution in [0.5, 0.6) is 0 Å². The Kier molecular flexibility index (Phi) is 3.13. The molecular weight excluding hydrogens is 243 g/mol. The van der Waals surface area contributed by atoms with Crippen molar-refractivity contribution in [3.05, 3.63) is 41.8 Å². The van der Waals surface area contributed by atoms with Crippen LogP contribution in [0.4, 0.5) is 13.2 Å². The average molecular weight is 255 g/mol. The number of aromatic amines is 1. The van der Waals surface area contributed by atoms with Gasteiger partial charge < -0.3 is 5.73 Å². The fourth-order valence-corrected chi connectivity index (χ4v) is 1.65. The fourth-order valence-electron chi connectivity index (χ4n) is 1.65. The molecule has 1 aromatic heterocycles. The Morgan fingerprint density at radius 2 is 1.89 bits per heavy atom. The van der Waals surface area contributed by atoms with Crippen molar-refractivity contribution in [2.24, 2.45) is 5.73 Å². The highest BCUT2D eigenvalue weighted by atomic mass is 19.3. The lowest BCUT2D eigenvalue weighted by molar-refractivity contribution is 0.0628. The molecule has 0 aliphatic carbocycles. The Bertz CT molecular complexity index is 532. The van der Waals surface area contributed by atoms with Crippen molar-refractivity contribution in [3.63, 3.8) is 0 Å². The van der Waals surface area contributed by atoms with E-state index < -0.39 is 17.8 Å². The van der Waals surface area contributed by atoms with Gasteiger partial charge in [-0.2, -0.15) is 5.10 Å². The van der Waals surface area contributed by atoms with Gasteiger partial charge in [-0.3, -0.25) is 5.10 Å². The summed E-state index contributed by atoms with van der Waals surface area (Å²) in [7, 11) is 0. The first-order chi connectivity index (χ1) is 8.43. The van der Waals surface area contributed by atoms with Gasteiger partial charge in [-0.25, -0.2) is 13.2 Å². The van der Waals surface area contributed by atoms with Gasteiger partial charge in [-0.05, 0) is 31.2 Å². The molecule has 2 aromatic rings. The molecule has 1 unspecified atom stereocenters. The zero-order valence-electron chi connectivity index (χ0n) is 9.62. The molecule has 3 nitrogen and oxygen atoms in total. The van der Waals surface area contributed by atoms with E-state index in [4.69, 9.17) is 5.73 Å². The second-order valence-corrected chi connectivity index (χ2v) is 4.25. The van der Waals surface area contributed by atoms with E-state index in [9.17, 15) is 13.2 Å². The quantitative estimate of drug-likeness (QED) is 0.885. The summed E-state index contributed by atoms with van der Waals surface area (Å²) in [5.41, 5.74) is 4.93. The summed E-state index contributed by atoms with van der Waals surface area (Å²) in [4.78, 5) is 0. The Morgan fingerprint density at radius 3 is 2.44 bits per heavy atom. The number of nitrogens with one attached hydrogen (secondary N) is 1. The number of H-pyrrole nitrogens is 1. The maximum atomic E-state index is 12.9. The monoisotopic (exact) mass is 255 g/mol.